The highest BCUT2D eigenvalue weighted by Crippen LogP contribution is 2.17. The van der Waals surface area contributed by atoms with Gasteiger partial charge in [0.2, 0.25) is 0 Å². The Labute approximate surface area is 171 Å². The monoisotopic (exact) mass is 390 g/mol. The predicted octanol–water partition coefficient (Wildman–Crippen LogP) is 3.14. The van der Waals surface area contributed by atoms with Gasteiger partial charge in [-0.2, -0.15) is 0 Å². The summed E-state index contributed by atoms with van der Waals surface area (Å²) in [7, 11) is 3.65. The van der Waals surface area contributed by atoms with Crippen LogP contribution < -0.4 is 15.0 Å². The molecule has 0 aliphatic heterocycles. The number of hydrogen-bond acceptors (Lipinski definition) is 5. The summed E-state index contributed by atoms with van der Waals surface area (Å²) in [6, 6.07) is 13.7. The third-order valence-corrected chi connectivity index (χ3v) is 4.78. The molecule has 6 heteroatoms. The summed E-state index contributed by atoms with van der Waals surface area (Å²) in [6.45, 7) is 1.35. The van der Waals surface area contributed by atoms with Crippen LogP contribution in [0, 0.1) is 0 Å². The van der Waals surface area contributed by atoms with Gasteiger partial charge >= 0.3 is 0 Å². The number of anilines is 1. The minimum Gasteiger partial charge on any atom is -0.496 e. The summed E-state index contributed by atoms with van der Waals surface area (Å²) in [4.78, 5) is 22.9. The van der Waals surface area contributed by atoms with E-state index in [4.69, 9.17) is 4.74 Å². The third kappa shape index (κ3) is 5.78. The molecule has 1 amide bonds. The number of aromatic nitrogens is 2. The van der Waals surface area contributed by atoms with Crippen molar-refractivity contribution < 1.29 is 9.53 Å². The van der Waals surface area contributed by atoms with E-state index < -0.39 is 0 Å². The zero-order valence-corrected chi connectivity index (χ0v) is 16.8. The Bertz CT molecular complexity index is 931. The molecule has 0 spiro atoms. The van der Waals surface area contributed by atoms with Gasteiger partial charge < -0.3 is 15.0 Å². The SMILES string of the molecule is COc1ccccc1CCNC(=O)c1cncc(N(C)CCc2ccncc2)c1. The van der Waals surface area contributed by atoms with Gasteiger partial charge in [0.1, 0.15) is 5.75 Å². The molecule has 0 radical (unpaired) electrons. The highest BCUT2D eigenvalue weighted by Gasteiger charge is 2.10. The number of likely N-dealkylation sites (N-methyl/N-ethyl adjacent to an activating group) is 1. The Kier molecular flexibility index (Phi) is 7.16. The highest BCUT2D eigenvalue weighted by atomic mass is 16.5. The molecule has 0 bridgehead atoms. The molecule has 3 rings (SSSR count). The second-order valence-electron chi connectivity index (χ2n) is 6.78. The quantitative estimate of drug-likeness (QED) is 0.608. The summed E-state index contributed by atoms with van der Waals surface area (Å²) in [6.07, 6.45) is 8.57. The summed E-state index contributed by atoms with van der Waals surface area (Å²) in [5, 5.41) is 2.96. The van der Waals surface area contributed by atoms with Crippen LogP contribution in [-0.4, -0.2) is 43.1 Å². The van der Waals surface area contributed by atoms with Crippen molar-refractivity contribution in [2.24, 2.45) is 0 Å². The molecule has 0 unspecified atom stereocenters. The maximum absolute atomic E-state index is 12.5. The number of ether oxygens (including phenoxy) is 1. The number of para-hydroxylation sites is 1. The number of benzene rings is 1. The van der Waals surface area contributed by atoms with Crippen LogP contribution >= 0.6 is 0 Å². The van der Waals surface area contributed by atoms with E-state index in [1.165, 1.54) is 5.56 Å². The first-order valence-corrected chi connectivity index (χ1v) is 9.62. The number of nitrogens with zero attached hydrogens (tertiary/aromatic N) is 3. The van der Waals surface area contributed by atoms with Crippen molar-refractivity contribution in [3.05, 3.63) is 83.9 Å². The first-order valence-electron chi connectivity index (χ1n) is 9.62. The van der Waals surface area contributed by atoms with Gasteiger partial charge in [-0.1, -0.05) is 18.2 Å². The van der Waals surface area contributed by atoms with Crippen molar-refractivity contribution in [2.75, 3.05) is 32.1 Å². The lowest BCUT2D eigenvalue weighted by molar-refractivity contribution is 0.0953. The molecule has 2 heterocycles. The lowest BCUT2D eigenvalue weighted by atomic mass is 10.1. The molecule has 0 saturated heterocycles. The van der Waals surface area contributed by atoms with E-state index in [9.17, 15) is 4.79 Å². The van der Waals surface area contributed by atoms with Crippen LogP contribution in [0.2, 0.25) is 0 Å². The number of amides is 1. The average molecular weight is 390 g/mol. The number of carbonyl (C=O) groups is 1. The van der Waals surface area contributed by atoms with Crippen molar-refractivity contribution in [1.29, 1.82) is 0 Å². The zero-order valence-electron chi connectivity index (χ0n) is 16.8. The first kappa shape index (κ1) is 20.3. The van der Waals surface area contributed by atoms with Crippen molar-refractivity contribution in [1.82, 2.24) is 15.3 Å². The Morgan fingerprint density at radius 2 is 1.86 bits per heavy atom. The average Bonchev–Trinajstić information content (AvgIpc) is 2.78. The van der Waals surface area contributed by atoms with Crippen LogP contribution in [0.5, 0.6) is 5.75 Å². The molecule has 2 aromatic heterocycles. The highest BCUT2D eigenvalue weighted by molar-refractivity contribution is 5.94. The van der Waals surface area contributed by atoms with E-state index in [1.54, 1.807) is 31.9 Å². The van der Waals surface area contributed by atoms with Gasteiger partial charge in [0, 0.05) is 38.7 Å². The van der Waals surface area contributed by atoms with Gasteiger partial charge in [0.15, 0.2) is 0 Å². The fourth-order valence-corrected chi connectivity index (χ4v) is 3.06. The van der Waals surface area contributed by atoms with Crippen molar-refractivity contribution in [3.63, 3.8) is 0 Å². The van der Waals surface area contributed by atoms with Gasteiger partial charge in [-0.05, 0) is 48.2 Å². The minimum absolute atomic E-state index is 0.128. The standard InChI is InChI=1S/C23H26N4O2/c1-27(14-10-18-7-11-24-12-8-18)21-15-20(16-25-17-21)23(28)26-13-9-19-5-3-4-6-22(19)29-2/h3-8,11-12,15-17H,9-10,13-14H2,1-2H3,(H,26,28). The summed E-state index contributed by atoms with van der Waals surface area (Å²) in [5.74, 6) is 0.706. The second kappa shape index (κ2) is 10.2. The lowest BCUT2D eigenvalue weighted by Crippen LogP contribution is -2.26. The topological polar surface area (TPSA) is 67.3 Å². The lowest BCUT2D eigenvalue weighted by Gasteiger charge is -2.19. The summed E-state index contributed by atoms with van der Waals surface area (Å²) >= 11 is 0. The first-order chi connectivity index (χ1) is 14.2. The number of rotatable bonds is 9. The normalized spacial score (nSPS) is 10.4. The summed E-state index contributed by atoms with van der Waals surface area (Å²) in [5.41, 5.74) is 3.76. The molecule has 3 aromatic rings. The number of pyridine rings is 2. The second-order valence-corrected chi connectivity index (χ2v) is 6.78. The number of nitrogens with one attached hydrogen (secondary N) is 1. The van der Waals surface area contributed by atoms with Crippen LogP contribution in [0.15, 0.2) is 67.3 Å². The van der Waals surface area contributed by atoms with Crippen LogP contribution in [0.3, 0.4) is 0 Å². The van der Waals surface area contributed by atoms with Gasteiger partial charge in [-0.15, -0.1) is 0 Å². The molecular weight excluding hydrogens is 364 g/mol. The Morgan fingerprint density at radius 1 is 1.07 bits per heavy atom. The molecule has 6 nitrogen and oxygen atoms in total. The minimum atomic E-state index is -0.128. The largest absolute Gasteiger partial charge is 0.496 e. The molecule has 0 atom stereocenters. The van der Waals surface area contributed by atoms with Gasteiger partial charge in [0.05, 0.1) is 24.6 Å². The van der Waals surface area contributed by atoms with Crippen molar-refractivity contribution in [2.45, 2.75) is 12.8 Å². The maximum atomic E-state index is 12.5. The molecule has 150 valence electrons. The van der Waals surface area contributed by atoms with E-state index in [2.05, 4.69) is 20.2 Å². The van der Waals surface area contributed by atoms with E-state index in [0.717, 1.165) is 30.0 Å². The van der Waals surface area contributed by atoms with Crippen molar-refractivity contribution in [3.8, 4) is 5.75 Å². The van der Waals surface area contributed by atoms with E-state index >= 15 is 0 Å². The van der Waals surface area contributed by atoms with Crippen LogP contribution in [0.25, 0.3) is 0 Å². The third-order valence-electron chi connectivity index (χ3n) is 4.78. The van der Waals surface area contributed by atoms with Crippen molar-refractivity contribution >= 4 is 11.6 Å². The Morgan fingerprint density at radius 3 is 2.66 bits per heavy atom. The molecular formula is C23H26N4O2. The molecule has 0 aliphatic rings. The Hall–Kier alpha value is -3.41. The maximum Gasteiger partial charge on any atom is 0.252 e. The van der Waals surface area contributed by atoms with Gasteiger partial charge in [-0.25, -0.2) is 0 Å². The van der Waals surface area contributed by atoms with Crippen LogP contribution in [0.4, 0.5) is 5.69 Å². The Balaban J connectivity index is 1.54. The number of carbonyl (C=O) groups excluding carboxylic acids is 1. The fraction of sp³-hybridized carbons (Fsp3) is 0.261. The van der Waals surface area contributed by atoms with E-state index in [0.29, 0.717) is 18.5 Å². The molecule has 0 fully saturated rings. The van der Waals surface area contributed by atoms with E-state index in [1.807, 2.05) is 49.5 Å². The summed E-state index contributed by atoms with van der Waals surface area (Å²) < 4.78 is 5.35. The molecule has 0 aliphatic carbocycles. The number of hydrogen-bond donors (Lipinski definition) is 1. The molecule has 1 aromatic carbocycles. The van der Waals surface area contributed by atoms with Gasteiger partial charge in [-0.3, -0.25) is 14.8 Å². The molecule has 0 saturated carbocycles. The predicted molar refractivity (Wildman–Crippen MR) is 114 cm³/mol. The fourth-order valence-electron chi connectivity index (χ4n) is 3.06. The number of methoxy groups -OCH3 is 1. The van der Waals surface area contributed by atoms with Crippen LogP contribution in [-0.2, 0) is 12.8 Å². The zero-order chi connectivity index (χ0) is 20.5. The van der Waals surface area contributed by atoms with E-state index in [-0.39, 0.29) is 5.91 Å². The molecule has 29 heavy (non-hydrogen) atoms. The smallest absolute Gasteiger partial charge is 0.252 e. The van der Waals surface area contributed by atoms with Crippen LogP contribution in [0.1, 0.15) is 21.5 Å². The van der Waals surface area contributed by atoms with Gasteiger partial charge in [0.25, 0.3) is 5.91 Å². The molecule has 1 N–H and O–H groups in total.